The topological polar surface area (TPSA) is 95.9 Å². The second kappa shape index (κ2) is 61.6. The minimum atomic E-state index is -0.863. The molecule has 0 fully saturated rings. The van der Waals surface area contributed by atoms with Gasteiger partial charge in [-0.3, -0.25) is 9.59 Å². The number of ether oxygens (including phenoxy) is 1. The number of rotatable bonds is 60. The second-order valence-electron chi connectivity index (χ2n) is 22.1. The average molecular weight is 1010 g/mol. The molecule has 0 aromatic rings. The molecular formula is C66H125NO5. The molecule has 0 saturated heterocycles. The van der Waals surface area contributed by atoms with Crippen LogP contribution in [0.25, 0.3) is 0 Å². The van der Waals surface area contributed by atoms with Gasteiger partial charge in [-0.25, -0.2) is 0 Å². The minimum Gasteiger partial charge on any atom is -0.466 e. The van der Waals surface area contributed by atoms with Crippen molar-refractivity contribution in [3.63, 3.8) is 0 Å². The molecule has 6 nitrogen and oxygen atoms in total. The summed E-state index contributed by atoms with van der Waals surface area (Å²) < 4.78 is 5.47. The van der Waals surface area contributed by atoms with E-state index in [1.807, 2.05) is 6.08 Å². The van der Waals surface area contributed by atoms with Crippen molar-refractivity contribution in [2.75, 3.05) is 13.2 Å². The summed E-state index contributed by atoms with van der Waals surface area (Å²) in [5, 5.41) is 23.2. The molecule has 6 heteroatoms. The van der Waals surface area contributed by atoms with Gasteiger partial charge in [0.1, 0.15) is 0 Å². The van der Waals surface area contributed by atoms with Crippen LogP contribution in [0, 0.1) is 0 Å². The van der Waals surface area contributed by atoms with Crippen LogP contribution in [0.4, 0.5) is 0 Å². The smallest absolute Gasteiger partial charge is 0.305 e. The van der Waals surface area contributed by atoms with E-state index >= 15 is 0 Å². The van der Waals surface area contributed by atoms with E-state index in [4.69, 9.17) is 4.74 Å². The Labute approximate surface area is 449 Å². The van der Waals surface area contributed by atoms with E-state index in [9.17, 15) is 19.8 Å². The van der Waals surface area contributed by atoms with Crippen molar-refractivity contribution in [3.05, 3.63) is 36.5 Å². The molecule has 0 aromatic heterocycles. The zero-order valence-corrected chi connectivity index (χ0v) is 48.4. The SMILES string of the molecule is CCCCCCCCC/C=C\CCCCCCCCCC(=O)OCCCCC/C=C\CCCCCCCC(=O)NC(CO)C(O)/C=C/CCCCCCCCCCCCCCCCCCCCCCCCC. The normalized spacial score (nSPS) is 12.8. The molecule has 0 aliphatic carbocycles. The summed E-state index contributed by atoms with van der Waals surface area (Å²) in [5.74, 6) is -0.117. The Morgan fingerprint density at radius 3 is 0.986 bits per heavy atom. The van der Waals surface area contributed by atoms with E-state index in [0.29, 0.717) is 19.4 Å². The van der Waals surface area contributed by atoms with Crippen molar-refractivity contribution in [1.82, 2.24) is 5.32 Å². The van der Waals surface area contributed by atoms with E-state index < -0.39 is 12.1 Å². The summed E-state index contributed by atoms with van der Waals surface area (Å²) in [6.07, 6.45) is 77.6. The number of aliphatic hydroxyl groups excluding tert-OH is 2. The van der Waals surface area contributed by atoms with Gasteiger partial charge in [-0.05, 0) is 89.9 Å². The van der Waals surface area contributed by atoms with E-state index in [0.717, 1.165) is 83.5 Å². The molecule has 0 saturated carbocycles. The van der Waals surface area contributed by atoms with Gasteiger partial charge in [0.15, 0.2) is 0 Å². The van der Waals surface area contributed by atoms with Crippen molar-refractivity contribution in [1.29, 1.82) is 0 Å². The summed E-state index contributed by atoms with van der Waals surface area (Å²) in [6, 6.07) is -0.649. The van der Waals surface area contributed by atoms with Gasteiger partial charge in [-0.1, -0.05) is 281 Å². The van der Waals surface area contributed by atoms with E-state index in [2.05, 4.69) is 43.5 Å². The van der Waals surface area contributed by atoms with Crippen LogP contribution in [0.15, 0.2) is 36.5 Å². The Morgan fingerprint density at radius 1 is 0.375 bits per heavy atom. The van der Waals surface area contributed by atoms with Crippen molar-refractivity contribution in [2.24, 2.45) is 0 Å². The lowest BCUT2D eigenvalue weighted by Crippen LogP contribution is -2.45. The fourth-order valence-corrected chi connectivity index (χ4v) is 9.92. The highest BCUT2D eigenvalue weighted by molar-refractivity contribution is 5.76. The Balaban J connectivity index is 3.51. The number of carbonyl (C=O) groups excluding carboxylic acids is 2. The predicted octanol–water partition coefficient (Wildman–Crippen LogP) is 20.4. The molecule has 1 amide bonds. The second-order valence-corrected chi connectivity index (χ2v) is 22.1. The third-order valence-corrected chi connectivity index (χ3v) is 14.9. The molecule has 0 spiro atoms. The molecule has 0 aromatic carbocycles. The molecule has 3 N–H and O–H groups in total. The average Bonchev–Trinajstić information content (AvgIpc) is 3.38. The van der Waals surface area contributed by atoms with Gasteiger partial charge in [0.2, 0.25) is 5.91 Å². The Hall–Kier alpha value is -1.92. The van der Waals surface area contributed by atoms with Gasteiger partial charge >= 0.3 is 5.97 Å². The largest absolute Gasteiger partial charge is 0.466 e. The maximum absolute atomic E-state index is 12.5. The number of esters is 1. The lowest BCUT2D eigenvalue weighted by molar-refractivity contribution is -0.143. The maximum Gasteiger partial charge on any atom is 0.305 e. The molecule has 0 radical (unpaired) electrons. The summed E-state index contributed by atoms with van der Waals surface area (Å²) in [5.41, 5.74) is 0. The first-order chi connectivity index (χ1) is 35.5. The van der Waals surface area contributed by atoms with Crippen molar-refractivity contribution < 1.29 is 24.5 Å². The Bertz CT molecular complexity index is 1170. The first kappa shape index (κ1) is 70.1. The number of allylic oxidation sites excluding steroid dienone is 5. The molecule has 424 valence electrons. The summed E-state index contributed by atoms with van der Waals surface area (Å²) in [4.78, 5) is 24.6. The van der Waals surface area contributed by atoms with Crippen LogP contribution in [0.1, 0.15) is 348 Å². The fraction of sp³-hybridized carbons (Fsp3) is 0.879. The van der Waals surface area contributed by atoms with Gasteiger partial charge in [0, 0.05) is 12.8 Å². The van der Waals surface area contributed by atoms with Crippen LogP contribution >= 0.6 is 0 Å². The molecule has 0 aliphatic heterocycles. The van der Waals surface area contributed by atoms with Crippen LogP contribution in [0.2, 0.25) is 0 Å². The van der Waals surface area contributed by atoms with Gasteiger partial charge in [0.25, 0.3) is 0 Å². The Kier molecular flexibility index (Phi) is 60.0. The van der Waals surface area contributed by atoms with E-state index in [1.54, 1.807) is 6.08 Å². The molecule has 2 unspecified atom stereocenters. The van der Waals surface area contributed by atoms with Crippen LogP contribution in [0.5, 0.6) is 0 Å². The number of carbonyl (C=O) groups is 2. The summed E-state index contributed by atoms with van der Waals surface area (Å²) in [6.45, 7) is 4.86. The standard InChI is InChI=1S/C66H125NO5/c1-3-5-7-9-11-13-15-17-19-21-23-24-25-26-27-28-29-30-32-34-38-42-46-50-54-58-64(69)63(62-68)67-65(70)59-55-51-47-43-39-36-37-41-45-49-53-57-61-72-66(71)60-56-52-48-44-40-35-33-31-22-20-18-16-14-12-10-8-6-4-2/h20,22,37,41,54,58,63-64,68-69H,3-19,21,23-36,38-40,42-53,55-57,59-62H2,1-2H3,(H,67,70)/b22-20-,41-37-,58-54+. The quantitative estimate of drug-likeness (QED) is 0.0320. The van der Waals surface area contributed by atoms with Gasteiger partial charge < -0.3 is 20.3 Å². The molecule has 0 heterocycles. The minimum absolute atomic E-state index is 0.0265. The van der Waals surface area contributed by atoms with Crippen molar-refractivity contribution >= 4 is 11.9 Å². The molecule has 0 rings (SSSR count). The number of nitrogens with one attached hydrogen (secondary N) is 1. The molecule has 2 atom stereocenters. The predicted molar refractivity (Wildman–Crippen MR) is 315 cm³/mol. The van der Waals surface area contributed by atoms with Crippen LogP contribution < -0.4 is 5.32 Å². The molecule has 72 heavy (non-hydrogen) atoms. The molecule has 0 aliphatic rings. The number of hydrogen-bond donors (Lipinski definition) is 3. The number of aliphatic hydroxyl groups is 2. The lowest BCUT2D eigenvalue weighted by atomic mass is 10.0. The maximum atomic E-state index is 12.5. The zero-order chi connectivity index (χ0) is 52.2. The number of amides is 1. The van der Waals surface area contributed by atoms with Crippen LogP contribution in [0.3, 0.4) is 0 Å². The first-order valence-corrected chi connectivity index (χ1v) is 32.3. The van der Waals surface area contributed by atoms with Gasteiger partial charge in [-0.2, -0.15) is 0 Å². The zero-order valence-electron chi connectivity index (χ0n) is 48.4. The summed E-state index contributed by atoms with van der Waals surface area (Å²) in [7, 11) is 0. The first-order valence-electron chi connectivity index (χ1n) is 32.3. The van der Waals surface area contributed by atoms with Crippen LogP contribution in [-0.2, 0) is 14.3 Å². The monoisotopic (exact) mass is 1010 g/mol. The molecular weight excluding hydrogens is 887 g/mol. The van der Waals surface area contributed by atoms with Gasteiger partial charge in [0.05, 0.1) is 25.4 Å². The van der Waals surface area contributed by atoms with E-state index in [-0.39, 0.29) is 18.5 Å². The van der Waals surface area contributed by atoms with Gasteiger partial charge in [-0.15, -0.1) is 0 Å². The highest BCUT2D eigenvalue weighted by Gasteiger charge is 2.18. The number of unbranched alkanes of at least 4 members (excludes halogenated alkanes) is 45. The third kappa shape index (κ3) is 57.4. The fourth-order valence-electron chi connectivity index (χ4n) is 9.92. The van der Waals surface area contributed by atoms with Crippen molar-refractivity contribution in [2.45, 2.75) is 360 Å². The molecule has 0 bridgehead atoms. The lowest BCUT2D eigenvalue weighted by Gasteiger charge is -2.20. The van der Waals surface area contributed by atoms with Crippen LogP contribution in [-0.4, -0.2) is 47.4 Å². The third-order valence-electron chi connectivity index (χ3n) is 14.9. The van der Waals surface area contributed by atoms with E-state index in [1.165, 1.54) is 238 Å². The number of hydrogen-bond acceptors (Lipinski definition) is 5. The Morgan fingerprint density at radius 2 is 0.653 bits per heavy atom. The highest BCUT2D eigenvalue weighted by atomic mass is 16.5. The summed E-state index contributed by atoms with van der Waals surface area (Å²) >= 11 is 0. The highest BCUT2D eigenvalue weighted by Crippen LogP contribution is 2.17. The van der Waals surface area contributed by atoms with Crippen molar-refractivity contribution in [3.8, 4) is 0 Å².